The number of rotatable bonds is 10. The van der Waals surface area contributed by atoms with Gasteiger partial charge < -0.3 is 26.2 Å². The summed E-state index contributed by atoms with van der Waals surface area (Å²) in [5.74, 6) is 0.353. The van der Waals surface area contributed by atoms with E-state index in [2.05, 4.69) is 17.1 Å². The summed E-state index contributed by atoms with van der Waals surface area (Å²) in [5, 5.41) is 9.76. The van der Waals surface area contributed by atoms with E-state index in [0.29, 0.717) is 19.0 Å². The number of nitrogens with two attached hydrogens (primary N) is 2. The monoisotopic (exact) mass is 332 g/mol. The summed E-state index contributed by atoms with van der Waals surface area (Å²) in [6.07, 6.45) is 6.31. The third-order valence-corrected chi connectivity index (χ3v) is 3.96. The van der Waals surface area contributed by atoms with Crippen LogP contribution in [0, 0.1) is 0 Å². The summed E-state index contributed by atoms with van der Waals surface area (Å²) >= 11 is 0. The Hall–Kier alpha value is -1.89. The molecule has 1 heterocycles. The van der Waals surface area contributed by atoms with Crippen molar-refractivity contribution in [3.63, 3.8) is 0 Å². The number of aliphatic hydroxyl groups is 1. The molecule has 1 aliphatic heterocycles. The highest BCUT2D eigenvalue weighted by Crippen LogP contribution is 2.09. The Kier molecular flexibility index (Phi) is 7.74. The summed E-state index contributed by atoms with van der Waals surface area (Å²) < 4.78 is 5.66. The van der Waals surface area contributed by atoms with Crippen LogP contribution >= 0.6 is 0 Å². The molecular weight excluding hydrogens is 304 g/mol. The van der Waals surface area contributed by atoms with Gasteiger partial charge in [-0.1, -0.05) is 30.3 Å². The first-order valence-electron chi connectivity index (χ1n) is 8.47. The molecule has 1 unspecified atom stereocenters. The molecule has 0 spiro atoms. The Labute approximate surface area is 143 Å². The molecule has 132 valence electrons. The van der Waals surface area contributed by atoms with Crippen molar-refractivity contribution in [2.24, 2.45) is 16.5 Å². The molecule has 24 heavy (non-hydrogen) atoms. The van der Waals surface area contributed by atoms with Crippen molar-refractivity contribution < 1.29 is 9.84 Å². The number of nitrogens with zero attached hydrogens (tertiary/aromatic N) is 2. The summed E-state index contributed by atoms with van der Waals surface area (Å²) in [6.45, 7) is 2.09. The molecule has 0 aromatic heterocycles. The fourth-order valence-corrected chi connectivity index (χ4v) is 2.58. The molecule has 6 nitrogen and oxygen atoms in total. The summed E-state index contributed by atoms with van der Waals surface area (Å²) in [5.41, 5.74) is 12.9. The average Bonchev–Trinajstić information content (AvgIpc) is 2.57. The Morgan fingerprint density at radius 2 is 1.96 bits per heavy atom. The van der Waals surface area contributed by atoms with E-state index in [1.165, 1.54) is 5.56 Å². The molecule has 5 N–H and O–H groups in total. The molecular formula is C18H28N4O2. The van der Waals surface area contributed by atoms with E-state index in [1.807, 2.05) is 18.2 Å². The third kappa shape index (κ3) is 6.70. The zero-order valence-corrected chi connectivity index (χ0v) is 14.1. The van der Waals surface area contributed by atoms with Crippen LogP contribution in [-0.4, -0.2) is 41.4 Å². The summed E-state index contributed by atoms with van der Waals surface area (Å²) in [6, 6.07) is 10.3. The van der Waals surface area contributed by atoms with E-state index in [0.717, 1.165) is 32.3 Å². The lowest BCUT2D eigenvalue weighted by Gasteiger charge is -2.26. The molecule has 2 atom stereocenters. The Bertz CT molecular complexity index is 533. The fourth-order valence-electron chi connectivity index (χ4n) is 2.58. The van der Waals surface area contributed by atoms with Gasteiger partial charge in [-0.25, -0.2) is 4.99 Å². The molecule has 2 rings (SSSR count). The predicted octanol–water partition coefficient (Wildman–Crippen LogP) is 1.55. The number of ether oxygens (including phenoxy) is 1. The number of benzene rings is 1. The van der Waals surface area contributed by atoms with E-state index < -0.39 is 6.35 Å². The van der Waals surface area contributed by atoms with Gasteiger partial charge in [-0.15, -0.1) is 0 Å². The molecule has 0 fully saturated rings. The predicted molar refractivity (Wildman–Crippen MR) is 96.0 cm³/mol. The van der Waals surface area contributed by atoms with Gasteiger partial charge in [0.1, 0.15) is 5.84 Å². The maximum Gasteiger partial charge on any atom is 0.227 e. The molecule has 0 saturated carbocycles. The summed E-state index contributed by atoms with van der Waals surface area (Å²) in [7, 11) is 0. The standard InChI is InChI=1S/C18H28N4O2/c19-16(8-4-11-22-12-10-17(20)21-18(22)23)9-5-13-24-14-15-6-2-1-3-7-15/h1-3,6-7,10,12,16,18,23H,4-5,8-9,11,13-14,19H2,(H2,20,21)/t16-,18?/m1/s1. The minimum absolute atomic E-state index is 0.157. The molecule has 1 aromatic rings. The zero-order valence-electron chi connectivity index (χ0n) is 14.1. The van der Waals surface area contributed by atoms with Crippen molar-refractivity contribution in [2.45, 2.75) is 44.7 Å². The molecule has 6 heteroatoms. The summed E-state index contributed by atoms with van der Waals surface area (Å²) in [4.78, 5) is 5.65. The number of hydrogen-bond donors (Lipinski definition) is 3. The van der Waals surface area contributed by atoms with Gasteiger partial charge in [0.25, 0.3) is 0 Å². The van der Waals surface area contributed by atoms with Crippen molar-refractivity contribution in [1.82, 2.24) is 4.90 Å². The van der Waals surface area contributed by atoms with Gasteiger partial charge in [0.05, 0.1) is 6.61 Å². The van der Waals surface area contributed by atoms with Crippen molar-refractivity contribution in [2.75, 3.05) is 13.2 Å². The van der Waals surface area contributed by atoms with Crippen molar-refractivity contribution in [1.29, 1.82) is 0 Å². The lowest BCUT2D eigenvalue weighted by atomic mass is 10.1. The number of aliphatic hydroxyl groups excluding tert-OH is 1. The SMILES string of the molecule is NC1=NC(O)N(CCC[C@@H](N)CCCOCc2ccccc2)C=C1. The van der Waals surface area contributed by atoms with Gasteiger partial charge in [0.15, 0.2) is 0 Å². The van der Waals surface area contributed by atoms with Gasteiger partial charge in [0.2, 0.25) is 6.35 Å². The Balaban J connectivity index is 1.49. The number of aliphatic imine (C=N–C) groups is 1. The van der Waals surface area contributed by atoms with E-state index in [1.54, 1.807) is 17.2 Å². The van der Waals surface area contributed by atoms with Gasteiger partial charge in [-0.3, -0.25) is 0 Å². The first-order valence-corrected chi connectivity index (χ1v) is 8.47. The smallest absolute Gasteiger partial charge is 0.227 e. The second kappa shape index (κ2) is 10.1. The highest BCUT2D eigenvalue weighted by Gasteiger charge is 2.14. The first kappa shape index (κ1) is 18.4. The molecule has 1 aliphatic rings. The maximum atomic E-state index is 9.76. The minimum atomic E-state index is -0.877. The van der Waals surface area contributed by atoms with Crippen molar-refractivity contribution >= 4 is 5.84 Å². The lowest BCUT2D eigenvalue weighted by Crippen LogP contribution is -2.35. The van der Waals surface area contributed by atoms with Crippen LogP contribution in [0.25, 0.3) is 0 Å². The van der Waals surface area contributed by atoms with E-state index in [4.69, 9.17) is 16.2 Å². The second-order valence-electron chi connectivity index (χ2n) is 6.04. The van der Waals surface area contributed by atoms with Crippen LogP contribution < -0.4 is 11.5 Å². The molecule has 0 saturated heterocycles. The lowest BCUT2D eigenvalue weighted by molar-refractivity contribution is 0.0425. The topological polar surface area (TPSA) is 97.1 Å². The third-order valence-electron chi connectivity index (χ3n) is 3.96. The highest BCUT2D eigenvalue weighted by atomic mass is 16.5. The highest BCUT2D eigenvalue weighted by molar-refractivity contribution is 5.91. The van der Waals surface area contributed by atoms with Crippen LogP contribution in [0.3, 0.4) is 0 Å². The molecule has 0 radical (unpaired) electrons. The van der Waals surface area contributed by atoms with Crippen LogP contribution in [0.4, 0.5) is 0 Å². The van der Waals surface area contributed by atoms with Crippen molar-refractivity contribution in [3.05, 3.63) is 48.2 Å². The van der Waals surface area contributed by atoms with Crippen LogP contribution in [0.15, 0.2) is 47.6 Å². The molecule has 0 bridgehead atoms. The largest absolute Gasteiger partial charge is 0.384 e. The van der Waals surface area contributed by atoms with Crippen molar-refractivity contribution in [3.8, 4) is 0 Å². The minimum Gasteiger partial charge on any atom is -0.384 e. The first-order chi connectivity index (χ1) is 11.6. The van der Waals surface area contributed by atoms with E-state index >= 15 is 0 Å². The van der Waals surface area contributed by atoms with Crippen LogP contribution in [0.1, 0.15) is 31.2 Å². The maximum absolute atomic E-state index is 9.76. The zero-order chi connectivity index (χ0) is 17.2. The van der Waals surface area contributed by atoms with Gasteiger partial charge in [-0.05, 0) is 37.3 Å². The number of hydrogen-bond acceptors (Lipinski definition) is 6. The van der Waals surface area contributed by atoms with E-state index in [9.17, 15) is 5.11 Å². The molecule has 0 aliphatic carbocycles. The van der Waals surface area contributed by atoms with Crippen LogP contribution in [-0.2, 0) is 11.3 Å². The Morgan fingerprint density at radius 1 is 1.21 bits per heavy atom. The van der Waals surface area contributed by atoms with Gasteiger partial charge in [0, 0.05) is 25.4 Å². The van der Waals surface area contributed by atoms with Crippen LogP contribution in [0.2, 0.25) is 0 Å². The normalized spacial score (nSPS) is 18.5. The van der Waals surface area contributed by atoms with Gasteiger partial charge in [-0.2, -0.15) is 0 Å². The van der Waals surface area contributed by atoms with E-state index in [-0.39, 0.29) is 6.04 Å². The van der Waals surface area contributed by atoms with Gasteiger partial charge >= 0.3 is 0 Å². The quantitative estimate of drug-likeness (QED) is 0.565. The van der Waals surface area contributed by atoms with Crippen LogP contribution in [0.5, 0.6) is 0 Å². The fraction of sp³-hybridized carbons (Fsp3) is 0.500. The average molecular weight is 332 g/mol. The second-order valence-corrected chi connectivity index (χ2v) is 6.04. The molecule has 0 amide bonds. The number of amidine groups is 1. The Morgan fingerprint density at radius 3 is 2.71 bits per heavy atom. The molecule has 1 aromatic carbocycles.